The molecular formula is C18H31N7O. The molecule has 26 heavy (non-hydrogen) atoms. The van der Waals surface area contributed by atoms with Gasteiger partial charge >= 0.3 is 0 Å². The van der Waals surface area contributed by atoms with Crippen molar-refractivity contribution in [2.45, 2.75) is 52.4 Å². The molecule has 8 nitrogen and oxygen atoms in total. The van der Waals surface area contributed by atoms with Crippen LogP contribution in [0.1, 0.15) is 52.4 Å². The molecule has 1 aliphatic carbocycles. The Balaban J connectivity index is 1.86. The average molecular weight is 361 g/mol. The molecular weight excluding hydrogens is 330 g/mol. The second-order valence-corrected chi connectivity index (χ2v) is 6.97. The highest BCUT2D eigenvalue weighted by atomic mass is 16.3. The molecule has 0 aromatic carbocycles. The molecule has 1 aliphatic rings. The second kappa shape index (κ2) is 9.12. The van der Waals surface area contributed by atoms with Gasteiger partial charge in [-0.2, -0.15) is 24.6 Å². The number of nitrogens with zero attached hydrogens (tertiary/aromatic N) is 7. The summed E-state index contributed by atoms with van der Waals surface area (Å²) in [6, 6.07) is 0. The SMILES string of the molecule is CCN(CC)c1nc(N(CCO)CCC2CCCCC2)n2ncnc2n1. The summed E-state index contributed by atoms with van der Waals surface area (Å²) < 4.78 is 1.68. The molecule has 0 radical (unpaired) electrons. The van der Waals surface area contributed by atoms with Crippen LogP contribution in [0.2, 0.25) is 0 Å². The monoisotopic (exact) mass is 361 g/mol. The first-order valence-corrected chi connectivity index (χ1v) is 9.95. The number of aliphatic hydroxyl groups excluding tert-OH is 1. The van der Waals surface area contributed by atoms with E-state index < -0.39 is 0 Å². The first kappa shape index (κ1) is 18.8. The van der Waals surface area contributed by atoms with E-state index >= 15 is 0 Å². The minimum absolute atomic E-state index is 0.0888. The van der Waals surface area contributed by atoms with Crippen LogP contribution < -0.4 is 9.80 Å². The Labute approximate surface area is 155 Å². The van der Waals surface area contributed by atoms with Crippen LogP contribution in [0.3, 0.4) is 0 Å². The van der Waals surface area contributed by atoms with Crippen molar-refractivity contribution >= 4 is 17.7 Å². The Morgan fingerprint density at radius 3 is 2.54 bits per heavy atom. The first-order chi connectivity index (χ1) is 12.8. The van der Waals surface area contributed by atoms with Crippen molar-refractivity contribution in [1.82, 2.24) is 24.6 Å². The molecule has 2 aromatic heterocycles. The molecule has 0 aliphatic heterocycles. The van der Waals surface area contributed by atoms with Gasteiger partial charge in [-0.1, -0.05) is 32.1 Å². The van der Waals surface area contributed by atoms with Crippen molar-refractivity contribution < 1.29 is 5.11 Å². The van der Waals surface area contributed by atoms with Gasteiger partial charge in [-0.15, -0.1) is 0 Å². The third kappa shape index (κ3) is 4.23. The van der Waals surface area contributed by atoms with E-state index in [0.29, 0.717) is 18.3 Å². The van der Waals surface area contributed by atoms with Crippen LogP contribution in [-0.2, 0) is 0 Å². The molecule has 0 bridgehead atoms. The lowest BCUT2D eigenvalue weighted by atomic mass is 9.87. The fraction of sp³-hybridized carbons (Fsp3) is 0.778. The Morgan fingerprint density at radius 2 is 1.85 bits per heavy atom. The fourth-order valence-electron chi connectivity index (χ4n) is 3.80. The van der Waals surface area contributed by atoms with Crippen LogP contribution in [0.25, 0.3) is 5.78 Å². The zero-order chi connectivity index (χ0) is 18.4. The Morgan fingerprint density at radius 1 is 1.08 bits per heavy atom. The summed E-state index contributed by atoms with van der Waals surface area (Å²) in [6.45, 7) is 7.35. The van der Waals surface area contributed by atoms with Gasteiger partial charge in [0.25, 0.3) is 5.78 Å². The van der Waals surface area contributed by atoms with E-state index in [1.165, 1.54) is 38.4 Å². The number of aromatic nitrogens is 5. The standard InChI is InChI=1S/C18H31N7O/c1-3-23(4-2)17-21-16-19-14-20-25(16)18(22-17)24(12-13-26)11-10-15-8-6-5-7-9-15/h14-15,26H,3-13H2,1-2H3. The van der Waals surface area contributed by atoms with Crippen LogP contribution >= 0.6 is 0 Å². The van der Waals surface area contributed by atoms with E-state index in [0.717, 1.165) is 37.9 Å². The lowest BCUT2D eigenvalue weighted by Gasteiger charge is -2.28. The Bertz CT molecular complexity index is 679. The summed E-state index contributed by atoms with van der Waals surface area (Å²) in [7, 11) is 0. The normalized spacial score (nSPS) is 15.5. The van der Waals surface area contributed by atoms with E-state index in [-0.39, 0.29) is 6.61 Å². The van der Waals surface area contributed by atoms with Crippen molar-refractivity contribution in [3.8, 4) is 0 Å². The Hall–Kier alpha value is -1.96. The zero-order valence-corrected chi connectivity index (χ0v) is 16.0. The third-order valence-corrected chi connectivity index (χ3v) is 5.35. The van der Waals surface area contributed by atoms with E-state index in [2.05, 4.69) is 38.7 Å². The molecule has 2 heterocycles. The summed E-state index contributed by atoms with van der Waals surface area (Å²) in [5, 5.41) is 13.9. The molecule has 1 saturated carbocycles. The number of rotatable bonds is 9. The van der Waals surface area contributed by atoms with Gasteiger partial charge in [0.15, 0.2) is 0 Å². The highest BCUT2D eigenvalue weighted by Crippen LogP contribution is 2.27. The molecule has 144 valence electrons. The number of anilines is 2. The van der Waals surface area contributed by atoms with Gasteiger partial charge in [0.2, 0.25) is 11.9 Å². The highest BCUT2D eigenvalue weighted by Gasteiger charge is 2.20. The lowest BCUT2D eigenvalue weighted by molar-refractivity contribution is 0.295. The number of hydrogen-bond acceptors (Lipinski definition) is 7. The molecule has 0 spiro atoms. The summed E-state index contributed by atoms with van der Waals surface area (Å²) in [4.78, 5) is 17.8. The molecule has 0 amide bonds. The molecule has 2 aromatic rings. The summed E-state index contributed by atoms with van der Waals surface area (Å²) in [6.07, 6.45) is 9.34. The predicted molar refractivity (Wildman–Crippen MR) is 103 cm³/mol. The summed E-state index contributed by atoms with van der Waals surface area (Å²) in [5.74, 6) is 2.73. The van der Waals surface area contributed by atoms with Gasteiger partial charge in [0, 0.05) is 26.2 Å². The van der Waals surface area contributed by atoms with Gasteiger partial charge < -0.3 is 14.9 Å². The quantitative estimate of drug-likeness (QED) is 0.732. The average Bonchev–Trinajstić information content (AvgIpc) is 3.15. The van der Waals surface area contributed by atoms with Crippen LogP contribution in [0, 0.1) is 5.92 Å². The maximum Gasteiger partial charge on any atom is 0.258 e. The summed E-state index contributed by atoms with van der Waals surface area (Å²) >= 11 is 0. The molecule has 0 saturated heterocycles. The minimum atomic E-state index is 0.0888. The van der Waals surface area contributed by atoms with Crippen molar-refractivity contribution in [3.05, 3.63) is 6.33 Å². The fourth-order valence-corrected chi connectivity index (χ4v) is 3.80. The zero-order valence-electron chi connectivity index (χ0n) is 16.0. The lowest BCUT2D eigenvalue weighted by Crippen LogP contribution is -2.33. The number of aliphatic hydroxyl groups is 1. The molecule has 1 fully saturated rings. The molecule has 8 heteroatoms. The van der Waals surface area contributed by atoms with Gasteiger partial charge in [0.1, 0.15) is 6.33 Å². The molecule has 3 rings (SSSR count). The van der Waals surface area contributed by atoms with Crippen LogP contribution in [0.4, 0.5) is 11.9 Å². The first-order valence-electron chi connectivity index (χ1n) is 9.95. The van der Waals surface area contributed by atoms with Gasteiger partial charge in [-0.3, -0.25) is 0 Å². The Kier molecular flexibility index (Phi) is 6.60. The largest absolute Gasteiger partial charge is 0.395 e. The van der Waals surface area contributed by atoms with Crippen LogP contribution in [0.15, 0.2) is 6.33 Å². The topological polar surface area (TPSA) is 82.7 Å². The van der Waals surface area contributed by atoms with E-state index in [4.69, 9.17) is 4.98 Å². The van der Waals surface area contributed by atoms with E-state index in [9.17, 15) is 5.11 Å². The minimum Gasteiger partial charge on any atom is -0.395 e. The second-order valence-electron chi connectivity index (χ2n) is 6.97. The molecule has 0 unspecified atom stereocenters. The van der Waals surface area contributed by atoms with Gasteiger partial charge in [0.05, 0.1) is 6.61 Å². The van der Waals surface area contributed by atoms with Gasteiger partial charge in [-0.25, -0.2) is 0 Å². The maximum absolute atomic E-state index is 9.59. The van der Waals surface area contributed by atoms with Crippen molar-refractivity contribution in [1.29, 1.82) is 0 Å². The van der Waals surface area contributed by atoms with E-state index in [1.807, 2.05) is 0 Å². The van der Waals surface area contributed by atoms with Crippen molar-refractivity contribution in [2.24, 2.45) is 5.92 Å². The van der Waals surface area contributed by atoms with Crippen LogP contribution in [0.5, 0.6) is 0 Å². The van der Waals surface area contributed by atoms with Crippen molar-refractivity contribution in [2.75, 3.05) is 42.6 Å². The number of hydrogen-bond donors (Lipinski definition) is 1. The maximum atomic E-state index is 9.59. The van der Waals surface area contributed by atoms with Gasteiger partial charge in [-0.05, 0) is 26.2 Å². The van der Waals surface area contributed by atoms with Crippen molar-refractivity contribution in [3.63, 3.8) is 0 Å². The van der Waals surface area contributed by atoms with Crippen LogP contribution in [-0.4, -0.2) is 62.5 Å². The summed E-state index contributed by atoms with van der Waals surface area (Å²) in [5.41, 5.74) is 0. The third-order valence-electron chi connectivity index (χ3n) is 5.35. The predicted octanol–water partition coefficient (Wildman–Crippen LogP) is 2.13. The smallest absolute Gasteiger partial charge is 0.258 e. The molecule has 1 N–H and O–H groups in total. The molecule has 0 atom stereocenters. The highest BCUT2D eigenvalue weighted by molar-refractivity contribution is 5.47. The number of fused-ring (bicyclic) bond motifs is 1. The van der Waals surface area contributed by atoms with E-state index in [1.54, 1.807) is 4.52 Å².